The van der Waals surface area contributed by atoms with Gasteiger partial charge in [-0.25, -0.2) is 4.79 Å². The second-order valence-corrected chi connectivity index (χ2v) is 7.04. The molecule has 1 aliphatic heterocycles. The Bertz CT molecular complexity index is 482. The third-order valence-corrected chi connectivity index (χ3v) is 3.92. The third-order valence-electron chi connectivity index (χ3n) is 3.92. The van der Waals surface area contributed by atoms with Crippen molar-refractivity contribution < 1.29 is 9.53 Å². The predicted octanol–water partition coefficient (Wildman–Crippen LogP) is 4.28. The molecule has 2 rings (SSSR count). The van der Waals surface area contributed by atoms with Crippen LogP contribution in [0.5, 0.6) is 0 Å². The summed E-state index contributed by atoms with van der Waals surface area (Å²) in [6.45, 7) is 8.65. The number of carbonyl (C=O) groups is 1. The topological polar surface area (TPSA) is 41.6 Å². The molecule has 1 aromatic rings. The number of nitrogens with zero attached hydrogens (tertiary/aromatic N) is 1. The summed E-state index contributed by atoms with van der Waals surface area (Å²) in [5, 5.41) is 3.51. The van der Waals surface area contributed by atoms with E-state index < -0.39 is 5.60 Å². The van der Waals surface area contributed by atoms with Crippen LogP contribution in [0.2, 0.25) is 0 Å². The molecular weight excluding hydrogens is 276 g/mol. The molecule has 122 valence electrons. The highest BCUT2D eigenvalue weighted by Crippen LogP contribution is 2.24. The average molecular weight is 304 g/mol. The fourth-order valence-electron chi connectivity index (χ4n) is 2.92. The molecule has 2 atom stereocenters. The van der Waals surface area contributed by atoms with Crippen molar-refractivity contribution in [1.82, 2.24) is 4.90 Å². The summed E-state index contributed by atoms with van der Waals surface area (Å²) >= 11 is 0. The van der Waals surface area contributed by atoms with E-state index in [2.05, 4.69) is 24.4 Å². The summed E-state index contributed by atoms with van der Waals surface area (Å²) in [7, 11) is 0. The number of benzene rings is 1. The number of likely N-dealkylation sites (tertiary alicyclic amines) is 1. The second-order valence-electron chi connectivity index (χ2n) is 7.04. The summed E-state index contributed by atoms with van der Waals surface area (Å²) in [5.74, 6) is 0. The molecule has 2 unspecified atom stereocenters. The van der Waals surface area contributed by atoms with Gasteiger partial charge in [-0.2, -0.15) is 0 Å². The Hall–Kier alpha value is -1.71. The molecule has 0 aromatic heterocycles. The lowest BCUT2D eigenvalue weighted by molar-refractivity contribution is 0.00813. The number of ether oxygens (including phenoxy) is 1. The van der Waals surface area contributed by atoms with Crippen LogP contribution in [0.25, 0.3) is 0 Å². The van der Waals surface area contributed by atoms with Gasteiger partial charge in [0.15, 0.2) is 0 Å². The lowest BCUT2D eigenvalue weighted by Crippen LogP contribution is -2.52. The number of anilines is 1. The van der Waals surface area contributed by atoms with Gasteiger partial charge >= 0.3 is 6.09 Å². The number of nitrogens with one attached hydrogen (secondary N) is 1. The monoisotopic (exact) mass is 304 g/mol. The number of hydrogen-bond acceptors (Lipinski definition) is 3. The van der Waals surface area contributed by atoms with Crippen LogP contribution in [0.15, 0.2) is 30.3 Å². The smallest absolute Gasteiger partial charge is 0.410 e. The normalized spacial score (nSPS) is 20.4. The maximum Gasteiger partial charge on any atom is 0.410 e. The zero-order chi connectivity index (χ0) is 16.2. The Morgan fingerprint density at radius 2 is 1.95 bits per heavy atom. The van der Waals surface area contributed by atoms with Gasteiger partial charge in [-0.05, 0) is 59.1 Å². The third kappa shape index (κ3) is 4.65. The van der Waals surface area contributed by atoms with E-state index in [0.29, 0.717) is 0 Å². The zero-order valence-electron chi connectivity index (χ0n) is 14.1. The van der Waals surface area contributed by atoms with E-state index in [9.17, 15) is 4.79 Å². The van der Waals surface area contributed by atoms with Crippen LogP contribution < -0.4 is 5.32 Å². The van der Waals surface area contributed by atoms with Crippen LogP contribution in [-0.2, 0) is 4.74 Å². The van der Waals surface area contributed by atoms with Crippen LogP contribution in [0.4, 0.5) is 10.5 Å². The van der Waals surface area contributed by atoms with Gasteiger partial charge < -0.3 is 15.0 Å². The average Bonchev–Trinajstić information content (AvgIpc) is 2.46. The van der Waals surface area contributed by atoms with E-state index in [1.807, 2.05) is 43.9 Å². The number of piperidine rings is 1. The van der Waals surface area contributed by atoms with Crippen molar-refractivity contribution in [2.24, 2.45) is 0 Å². The number of carbonyl (C=O) groups excluding carboxylic acids is 1. The fourth-order valence-corrected chi connectivity index (χ4v) is 2.92. The number of para-hydroxylation sites is 1. The van der Waals surface area contributed by atoms with Crippen molar-refractivity contribution in [1.29, 1.82) is 0 Å². The van der Waals surface area contributed by atoms with Crippen molar-refractivity contribution in [3.8, 4) is 0 Å². The minimum absolute atomic E-state index is 0.170. The summed E-state index contributed by atoms with van der Waals surface area (Å²) < 4.78 is 5.57. The van der Waals surface area contributed by atoms with E-state index in [1.165, 1.54) is 0 Å². The maximum absolute atomic E-state index is 12.5. The van der Waals surface area contributed by atoms with Crippen molar-refractivity contribution in [3.63, 3.8) is 0 Å². The van der Waals surface area contributed by atoms with Gasteiger partial charge in [0.1, 0.15) is 5.60 Å². The molecule has 0 bridgehead atoms. The summed E-state index contributed by atoms with van der Waals surface area (Å²) in [5.41, 5.74) is 0.638. The molecule has 0 spiro atoms. The van der Waals surface area contributed by atoms with Gasteiger partial charge in [0.25, 0.3) is 0 Å². The van der Waals surface area contributed by atoms with Gasteiger partial charge in [0.2, 0.25) is 0 Å². The minimum Gasteiger partial charge on any atom is -0.444 e. The predicted molar refractivity (Wildman–Crippen MR) is 90.1 cm³/mol. The molecule has 0 radical (unpaired) electrons. The van der Waals surface area contributed by atoms with E-state index in [0.717, 1.165) is 31.5 Å². The van der Waals surface area contributed by atoms with Gasteiger partial charge in [-0.3, -0.25) is 0 Å². The zero-order valence-corrected chi connectivity index (χ0v) is 14.1. The molecule has 1 amide bonds. The highest BCUT2D eigenvalue weighted by Gasteiger charge is 2.33. The summed E-state index contributed by atoms with van der Waals surface area (Å²) in [6.07, 6.45) is 3.03. The molecule has 1 fully saturated rings. The lowest BCUT2D eigenvalue weighted by atomic mass is 9.96. The first-order valence-corrected chi connectivity index (χ1v) is 8.18. The molecule has 1 saturated heterocycles. The van der Waals surface area contributed by atoms with Crippen LogP contribution >= 0.6 is 0 Å². The Labute approximate surface area is 133 Å². The van der Waals surface area contributed by atoms with E-state index in [-0.39, 0.29) is 18.2 Å². The summed E-state index contributed by atoms with van der Waals surface area (Å²) in [6, 6.07) is 10.5. The first-order chi connectivity index (χ1) is 10.4. The van der Waals surface area contributed by atoms with Crippen LogP contribution in [-0.4, -0.2) is 35.2 Å². The SMILES string of the molecule is CC(Nc1ccccc1)C1CCCCN1C(=O)OC(C)(C)C. The van der Waals surface area contributed by atoms with E-state index in [4.69, 9.17) is 4.74 Å². The first kappa shape index (κ1) is 16.7. The molecular formula is C18H28N2O2. The second kappa shape index (κ2) is 7.03. The van der Waals surface area contributed by atoms with Crippen molar-refractivity contribution in [3.05, 3.63) is 30.3 Å². The highest BCUT2D eigenvalue weighted by molar-refractivity contribution is 5.69. The van der Waals surface area contributed by atoms with E-state index in [1.54, 1.807) is 0 Å². The Morgan fingerprint density at radius 1 is 1.27 bits per heavy atom. The Morgan fingerprint density at radius 3 is 2.59 bits per heavy atom. The molecule has 1 aliphatic rings. The molecule has 4 nitrogen and oxygen atoms in total. The Balaban J connectivity index is 2.04. The molecule has 1 heterocycles. The van der Waals surface area contributed by atoms with Crippen molar-refractivity contribution >= 4 is 11.8 Å². The van der Waals surface area contributed by atoms with Crippen LogP contribution in [0.1, 0.15) is 47.0 Å². The van der Waals surface area contributed by atoms with Crippen LogP contribution in [0, 0.1) is 0 Å². The number of hydrogen-bond donors (Lipinski definition) is 1. The Kier molecular flexibility index (Phi) is 5.33. The fraction of sp³-hybridized carbons (Fsp3) is 0.611. The van der Waals surface area contributed by atoms with Crippen LogP contribution in [0.3, 0.4) is 0 Å². The van der Waals surface area contributed by atoms with E-state index >= 15 is 0 Å². The first-order valence-electron chi connectivity index (χ1n) is 8.18. The van der Waals surface area contributed by atoms with Crippen molar-refractivity contribution in [2.45, 2.75) is 64.6 Å². The molecule has 1 aromatic carbocycles. The summed E-state index contributed by atoms with van der Waals surface area (Å²) in [4.78, 5) is 14.4. The number of amides is 1. The lowest BCUT2D eigenvalue weighted by Gasteiger charge is -2.40. The van der Waals surface area contributed by atoms with Gasteiger partial charge in [0, 0.05) is 18.3 Å². The number of rotatable bonds is 3. The quantitative estimate of drug-likeness (QED) is 0.906. The minimum atomic E-state index is -0.449. The molecule has 0 aliphatic carbocycles. The maximum atomic E-state index is 12.5. The molecule has 22 heavy (non-hydrogen) atoms. The standard InChI is InChI=1S/C18H28N2O2/c1-14(19-15-10-6-5-7-11-15)16-12-8-9-13-20(16)17(21)22-18(2,3)4/h5-7,10-11,14,16,19H,8-9,12-13H2,1-4H3. The largest absolute Gasteiger partial charge is 0.444 e. The van der Waals surface area contributed by atoms with Gasteiger partial charge in [-0.15, -0.1) is 0 Å². The molecule has 4 heteroatoms. The highest BCUT2D eigenvalue weighted by atomic mass is 16.6. The molecule has 0 saturated carbocycles. The van der Waals surface area contributed by atoms with Crippen molar-refractivity contribution in [2.75, 3.05) is 11.9 Å². The molecule has 1 N–H and O–H groups in total. The van der Waals surface area contributed by atoms with Gasteiger partial charge in [0.05, 0.1) is 6.04 Å². The van der Waals surface area contributed by atoms with Gasteiger partial charge in [-0.1, -0.05) is 18.2 Å².